The highest BCUT2D eigenvalue weighted by atomic mass is 35.5. The second-order valence-corrected chi connectivity index (χ2v) is 5.17. The third-order valence-corrected chi connectivity index (χ3v) is 2.12. The molecule has 0 saturated carbocycles. The fraction of sp³-hybridized carbons (Fsp3) is 0.667. The topological polar surface area (TPSA) is 52.6 Å². The summed E-state index contributed by atoms with van der Waals surface area (Å²) in [5, 5.41) is 0. The van der Waals surface area contributed by atoms with Crippen LogP contribution in [-0.2, 0) is 19.1 Å². The highest BCUT2D eigenvalue weighted by Gasteiger charge is 2.08. The quantitative estimate of drug-likeness (QED) is 0.392. The normalized spacial score (nSPS) is 10.1. The van der Waals surface area contributed by atoms with E-state index in [4.69, 9.17) is 32.7 Å². The summed E-state index contributed by atoms with van der Waals surface area (Å²) in [4.78, 5) is 21.6. The van der Waals surface area contributed by atoms with Gasteiger partial charge in [0, 0.05) is 12.8 Å². The van der Waals surface area contributed by atoms with Crippen LogP contribution in [-0.4, -0.2) is 30.0 Å². The highest BCUT2D eigenvalue weighted by molar-refractivity contribution is 6.44. The van der Waals surface area contributed by atoms with E-state index < -0.39 is 10.8 Å². The molecule has 0 amide bonds. The average molecular weight is 297 g/mol. The van der Waals surface area contributed by atoms with E-state index in [1.807, 2.05) is 19.9 Å². The van der Waals surface area contributed by atoms with Gasteiger partial charge in [0.25, 0.3) is 0 Å². The molecule has 0 saturated heterocycles. The Labute approximate surface area is 117 Å². The summed E-state index contributed by atoms with van der Waals surface area (Å²) >= 11 is 10.8. The van der Waals surface area contributed by atoms with Gasteiger partial charge in [-0.15, -0.1) is 23.2 Å². The van der Waals surface area contributed by atoms with Crippen molar-refractivity contribution in [1.29, 1.82) is 0 Å². The van der Waals surface area contributed by atoms with E-state index in [1.54, 1.807) is 0 Å². The van der Waals surface area contributed by atoms with Gasteiger partial charge in [-0.25, -0.2) is 0 Å². The highest BCUT2D eigenvalue weighted by Crippen LogP contribution is 2.04. The first-order valence-electron chi connectivity index (χ1n) is 5.64. The maximum absolute atomic E-state index is 11.2. The zero-order chi connectivity index (χ0) is 14.0. The lowest BCUT2D eigenvalue weighted by atomic mass is 10.2. The van der Waals surface area contributed by atoms with Gasteiger partial charge in [0.05, 0.1) is 0 Å². The van der Waals surface area contributed by atoms with Gasteiger partial charge < -0.3 is 9.47 Å². The molecule has 6 heteroatoms. The molecule has 0 aromatic carbocycles. The molecule has 0 aromatic heterocycles. The Morgan fingerprint density at radius 3 is 2.17 bits per heavy atom. The summed E-state index contributed by atoms with van der Waals surface area (Å²) < 4.78 is 9.66. The van der Waals surface area contributed by atoms with Gasteiger partial charge in [0.1, 0.15) is 18.1 Å². The second-order valence-electron chi connectivity index (χ2n) is 3.89. The fourth-order valence-corrected chi connectivity index (χ4v) is 1.10. The summed E-state index contributed by atoms with van der Waals surface area (Å²) in [5.41, 5.74) is 1.09. The third-order valence-electron chi connectivity index (χ3n) is 1.87. The average Bonchev–Trinajstić information content (AvgIpc) is 2.25. The predicted octanol–water partition coefficient (Wildman–Crippen LogP) is 3.01. The van der Waals surface area contributed by atoms with Crippen molar-refractivity contribution in [3.8, 4) is 0 Å². The van der Waals surface area contributed by atoms with Crippen LogP contribution in [0.2, 0.25) is 0 Å². The van der Waals surface area contributed by atoms with Gasteiger partial charge in [-0.2, -0.15) is 0 Å². The zero-order valence-corrected chi connectivity index (χ0v) is 12.1. The minimum Gasteiger partial charge on any atom is -0.463 e. The molecule has 0 unspecified atom stereocenters. The first kappa shape index (κ1) is 17.3. The molecule has 18 heavy (non-hydrogen) atoms. The molecule has 0 aliphatic rings. The summed E-state index contributed by atoms with van der Waals surface area (Å²) in [6, 6.07) is 0. The molecule has 0 rings (SSSR count). The summed E-state index contributed by atoms with van der Waals surface area (Å²) in [7, 11) is 0. The SMILES string of the molecule is CC(C)=CCOC(=O)CCCC(=O)OCC(Cl)Cl. The van der Waals surface area contributed by atoms with Gasteiger partial charge in [0.2, 0.25) is 0 Å². The Bertz CT molecular complexity index is 296. The van der Waals surface area contributed by atoms with Crippen molar-refractivity contribution in [2.75, 3.05) is 13.2 Å². The third kappa shape index (κ3) is 11.7. The first-order valence-corrected chi connectivity index (χ1v) is 6.52. The Kier molecular flexibility index (Phi) is 9.79. The van der Waals surface area contributed by atoms with Crippen LogP contribution in [0, 0.1) is 0 Å². The smallest absolute Gasteiger partial charge is 0.306 e. The number of hydrogen-bond donors (Lipinski definition) is 0. The number of hydrogen-bond acceptors (Lipinski definition) is 4. The van der Waals surface area contributed by atoms with E-state index in [-0.39, 0.29) is 32.0 Å². The Hall–Kier alpha value is -0.740. The minimum absolute atomic E-state index is 0.0348. The van der Waals surface area contributed by atoms with Gasteiger partial charge in [0.15, 0.2) is 0 Å². The molecule has 4 nitrogen and oxygen atoms in total. The van der Waals surface area contributed by atoms with E-state index in [2.05, 4.69) is 0 Å². The number of halogens is 2. The van der Waals surface area contributed by atoms with Crippen molar-refractivity contribution >= 4 is 35.1 Å². The molecule has 0 atom stereocenters. The summed E-state index contributed by atoms with van der Waals surface area (Å²) in [6.07, 6.45) is 2.55. The molecule has 0 N–H and O–H groups in total. The molecule has 0 radical (unpaired) electrons. The lowest BCUT2D eigenvalue weighted by Crippen LogP contribution is -2.11. The molecular weight excluding hydrogens is 279 g/mol. The Morgan fingerprint density at radius 2 is 1.67 bits per heavy atom. The van der Waals surface area contributed by atoms with Gasteiger partial charge in [-0.1, -0.05) is 5.57 Å². The van der Waals surface area contributed by atoms with Crippen LogP contribution in [0.4, 0.5) is 0 Å². The van der Waals surface area contributed by atoms with Crippen LogP contribution in [0.5, 0.6) is 0 Å². The Morgan fingerprint density at radius 1 is 1.11 bits per heavy atom. The monoisotopic (exact) mass is 296 g/mol. The molecular formula is C12H18Cl2O4. The molecule has 0 heterocycles. The first-order chi connectivity index (χ1) is 8.41. The molecule has 0 aliphatic heterocycles. The van der Waals surface area contributed by atoms with E-state index in [1.165, 1.54) is 0 Å². The standard InChI is InChI=1S/C12H18Cl2O4/c1-9(2)6-7-17-11(15)4-3-5-12(16)18-8-10(13)14/h6,10H,3-5,7-8H2,1-2H3. The van der Waals surface area contributed by atoms with Crippen LogP contribution < -0.4 is 0 Å². The van der Waals surface area contributed by atoms with Crippen LogP contribution >= 0.6 is 23.2 Å². The number of allylic oxidation sites excluding steroid dienone is 1. The van der Waals surface area contributed by atoms with Gasteiger partial charge in [-0.05, 0) is 26.3 Å². The zero-order valence-electron chi connectivity index (χ0n) is 10.6. The van der Waals surface area contributed by atoms with E-state index in [9.17, 15) is 9.59 Å². The van der Waals surface area contributed by atoms with E-state index in [0.29, 0.717) is 6.42 Å². The number of rotatable bonds is 8. The molecule has 104 valence electrons. The summed E-state index contributed by atoms with van der Waals surface area (Å²) in [6.45, 7) is 4.08. The number of esters is 2. The predicted molar refractivity (Wildman–Crippen MR) is 70.7 cm³/mol. The van der Waals surface area contributed by atoms with Crippen LogP contribution in [0.25, 0.3) is 0 Å². The van der Waals surface area contributed by atoms with Crippen molar-refractivity contribution in [1.82, 2.24) is 0 Å². The van der Waals surface area contributed by atoms with Gasteiger partial charge in [-0.3, -0.25) is 9.59 Å². The molecule has 0 spiro atoms. The van der Waals surface area contributed by atoms with Crippen LogP contribution in [0.3, 0.4) is 0 Å². The number of alkyl halides is 2. The van der Waals surface area contributed by atoms with Crippen molar-refractivity contribution in [2.45, 2.75) is 37.9 Å². The largest absolute Gasteiger partial charge is 0.463 e. The molecule has 0 fully saturated rings. The van der Waals surface area contributed by atoms with Crippen LogP contribution in [0.15, 0.2) is 11.6 Å². The molecule has 0 aliphatic carbocycles. The minimum atomic E-state index is -0.719. The molecule has 0 aromatic rings. The van der Waals surface area contributed by atoms with E-state index in [0.717, 1.165) is 5.57 Å². The lowest BCUT2D eigenvalue weighted by molar-refractivity contribution is -0.144. The second kappa shape index (κ2) is 10.2. The summed E-state index contributed by atoms with van der Waals surface area (Å²) in [5.74, 6) is -0.744. The lowest BCUT2D eigenvalue weighted by Gasteiger charge is -2.05. The van der Waals surface area contributed by atoms with Crippen molar-refractivity contribution < 1.29 is 19.1 Å². The maximum Gasteiger partial charge on any atom is 0.306 e. The number of ether oxygens (including phenoxy) is 2. The fourth-order valence-electron chi connectivity index (χ4n) is 0.979. The van der Waals surface area contributed by atoms with Crippen molar-refractivity contribution in [3.63, 3.8) is 0 Å². The van der Waals surface area contributed by atoms with Crippen LogP contribution in [0.1, 0.15) is 33.1 Å². The Balaban J connectivity index is 3.56. The van der Waals surface area contributed by atoms with E-state index >= 15 is 0 Å². The number of carbonyl (C=O) groups is 2. The van der Waals surface area contributed by atoms with Gasteiger partial charge >= 0.3 is 11.9 Å². The molecule has 0 bridgehead atoms. The number of carbonyl (C=O) groups excluding carboxylic acids is 2. The van der Waals surface area contributed by atoms with Crippen molar-refractivity contribution in [2.24, 2.45) is 0 Å². The maximum atomic E-state index is 11.2. The van der Waals surface area contributed by atoms with Crippen molar-refractivity contribution in [3.05, 3.63) is 11.6 Å².